The van der Waals surface area contributed by atoms with E-state index in [1.165, 1.54) is 18.2 Å². The molecule has 256 valence electrons. The molecule has 3 N–H and O–H groups in total. The maximum atomic E-state index is 13.7. The Labute approximate surface area is 283 Å². The Kier molecular flexibility index (Phi) is 11.4. The van der Waals surface area contributed by atoms with Crippen molar-refractivity contribution in [2.75, 3.05) is 11.3 Å². The lowest BCUT2D eigenvalue weighted by molar-refractivity contribution is -0.189. The zero-order valence-electron chi connectivity index (χ0n) is 26.3. The predicted molar refractivity (Wildman–Crippen MR) is 178 cm³/mol. The summed E-state index contributed by atoms with van der Waals surface area (Å²) in [7, 11) is -4.32. The lowest BCUT2D eigenvalue weighted by Crippen LogP contribution is -2.36. The molecule has 1 fully saturated rings. The van der Waals surface area contributed by atoms with Crippen LogP contribution in [0.2, 0.25) is 0 Å². The first-order valence-electron chi connectivity index (χ1n) is 15.0. The number of aromatic nitrogens is 2. The van der Waals surface area contributed by atoms with Crippen molar-refractivity contribution in [2.24, 2.45) is 5.41 Å². The van der Waals surface area contributed by atoms with Gasteiger partial charge in [0.25, 0.3) is 10.0 Å². The fraction of sp³-hybridized carbons (Fsp3) is 0.324. The van der Waals surface area contributed by atoms with Crippen molar-refractivity contribution in [3.05, 3.63) is 101 Å². The summed E-state index contributed by atoms with van der Waals surface area (Å²) in [5.41, 5.74) is 1.89. The van der Waals surface area contributed by atoms with E-state index in [9.17, 15) is 31.5 Å². The largest absolute Gasteiger partial charge is 0.478 e. The summed E-state index contributed by atoms with van der Waals surface area (Å²) in [6.45, 7) is 4.12. The highest BCUT2D eigenvalue weighted by molar-refractivity contribution is 7.92. The van der Waals surface area contributed by atoms with Crippen molar-refractivity contribution in [2.45, 2.75) is 63.2 Å². The molecule has 5 rings (SSSR count). The van der Waals surface area contributed by atoms with E-state index in [1.807, 2.05) is 62.4 Å². The van der Waals surface area contributed by atoms with Crippen LogP contribution in [0.4, 0.5) is 19.1 Å². The summed E-state index contributed by atoms with van der Waals surface area (Å²) in [5, 5.41) is 12.6. The maximum Gasteiger partial charge on any atom is 0.394 e. The van der Waals surface area contributed by atoms with Crippen molar-refractivity contribution in [1.29, 1.82) is 0 Å². The summed E-state index contributed by atoms with van der Waals surface area (Å²) < 4.78 is 76.2. The average Bonchev–Trinajstić information content (AvgIpc) is 3.83. The van der Waals surface area contributed by atoms with Crippen molar-refractivity contribution in [3.63, 3.8) is 0 Å². The molecule has 1 saturated carbocycles. The minimum atomic E-state index is -4.32. The number of anilines is 1. The molecule has 1 atom stereocenters. The fourth-order valence-corrected chi connectivity index (χ4v) is 6.42. The summed E-state index contributed by atoms with van der Waals surface area (Å²) in [6, 6.07) is 21.0. The number of carboxylic acids is 1. The Morgan fingerprint density at radius 3 is 2.27 bits per heavy atom. The number of carbonyl (C=O) groups is 1. The normalized spacial score (nSPS) is 14.4. The van der Waals surface area contributed by atoms with Gasteiger partial charge in [0.15, 0.2) is 0 Å². The molecule has 1 aromatic heterocycles. The van der Waals surface area contributed by atoms with Crippen LogP contribution in [-0.2, 0) is 16.6 Å². The van der Waals surface area contributed by atoms with Crippen LogP contribution < -0.4 is 14.8 Å². The molecule has 0 amide bonds. The van der Waals surface area contributed by atoms with Crippen LogP contribution in [0, 0.1) is 19.3 Å². The second-order valence-corrected chi connectivity index (χ2v) is 13.5. The molecule has 1 unspecified atom stereocenters. The fourth-order valence-electron chi connectivity index (χ4n) is 5.43. The third-order valence-electron chi connectivity index (χ3n) is 8.35. The molecule has 9 nitrogen and oxygen atoms in total. The number of hydrogen-bond acceptors (Lipinski definition) is 7. The van der Waals surface area contributed by atoms with E-state index in [-0.39, 0.29) is 67.0 Å². The lowest BCUT2D eigenvalue weighted by atomic mass is 9.96. The van der Waals surface area contributed by atoms with Gasteiger partial charge in [-0.15, -0.1) is 12.4 Å². The van der Waals surface area contributed by atoms with Crippen LogP contribution in [0.15, 0.2) is 83.8 Å². The van der Waals surface area contributed by atoms with E-state index in [0.717, 1.165) is 28.3 Å². The zero-order valence-corrected chi connectivity index (χ0v) is 27.9. The van der Waals surface area contributed by atoms with Crippen molar-refractivity contribution < 1.29 is 36.2 Å². The van der Waals surface area contributed by atoms with E-state index in [0.29, 0.717) is 12.2 Å². The molecule has 1 aliphatic carbocycles. The Hall–Kier alpha value is -4.20. The van der Waals surface area contributed by atoms with Gasteiger partial charge in [0.1, 0.15) is 6.61 Å². The van der Waals surface area contributed by atoms with Gasteiger partial charge in [-0.1, -0.05) is 54.6 Å². The summed E-state index contributed by atoms with van der Waals surface area (Å²) >= 11 is 0. The average molecular weight is 705 g/mol. The molecule has 48 heavy (non-hydrogen) atoms. The number of aryl methyl sites for hydroxylation is 2. The van der Waals surface area contributed by atoms with E-state index < -0.39 is 33.6 Å². The number of nitrogens with one attached hydrogen (secondary N) is 2. The molecular formula is C34H36ClF3N4O5S. The Morgan fingerprint density at radius 2 is 1.65 bits per heavy atom. The van der Waals surface area contributed by atoms with Crippen molar-refractivity contribution >= 4 is 34.3 Å². The van der Waals surface area contributed by atoms with Crippen LogP contribution in [-0.4, -0.2) is 48.3 Å². The van der Waals surface area contributed by atoms with Gasteiger partial charge in [-0.2, -0.15) is 18.2 Å². The molecule has 4 aromatic rings. The number of hydrogen-bond donors (Lipinski definition) is 3. The van der Waals surface area contributed by atoms with Crippen molar-refractivity contribution in [1.82, 2.24) is 15.3 Å². The second kappa shape index (κ2) is 14.9. The first-order chi connectivity index (χ1) is 22.3. The van der Waals surface area contributed by atoms with Crippen LogP contribution in [0.3, 0.4) is 0 Å². The first-order valence-corrected chi connectivity index (χ1v) is 16.5. The minimum Gasteiger partial charge on any atom is -0.478 e. The molecule has 0 saturated heterocycles. The van der Waals surface area contributed by atoms with Gasteiger partial charge in [-0.3, -0.25) is 0 Å². The summed E-state index contributed by atoms with van der Waals surface area (Å²) in [6.07, 6.45) is -3.93. The Balaban J connectivity index is 0.00000520. The van der Waals surface area contributed by atoms with Crippen LogP contribution in [0.1, 0.15) is 52.7 Å². The summed E-state index contributed by atoms with van der Waals surface area (Å²) in [4.78, 5) is 19.9. The second-order valence-electron chi connectivity index (χ2n) is 11.8. The molecule has 3 aromatic carbocycles. The van der Waals surface area contributed by atoms with Gasteiger partial charge >= 0.3 is 12.1 Å². The highest BCUT2D eigenvalue weighted by Gasteiger charge is 2.62. The monoisotopic (exact) mass is 704 g/mol. The van der Waals surface area contributed by atoms with Gasteiger partial charge < -0.3 is 15.2 Å². The standard InChI is InChI=1S/C34H35F3N4O5S.ClH/c1-22-8-6-9-23(2)30(22)28-19-29(40-32(39-28)41-47(44,45)27-13-7-12-25(18-27)31(42)43)46-21-26(38-20-24-10-4-3-5-11-24)14-15-33(16-17-33)34(35,36)37;/h3-13,18-19,26,38H,14-17,20-21H2,1-2H3,(H,42,43)(H,39,40,41);1H. The van der Waals surface area contributed by atoms with Gasteiger partial charge in [-0.25, -0.2) is 22.9 Å². The number of aromatic carboxylic acids is 1. The molecule has 0 spiro atoms. The number of halogens is 4. The minimum absolute atomic E-state index is 0. The van der Waals surface area contributed by atoms with E-state index in [2.05, 4.69) is 20.0 Å². The van der Waals surface area contributed by atoms with Crippen LogP contribution in [0.5, 0.6) is 5.88 Å². The van der Waals surface area contributed by atoms with Crippen LogP contribution in [0.25, 0.3) is 11.3 Å². The predicted octanol–water partition coefficient (Wildman–Crippen LogP) is 7.34. The number of carboxylic acid groups (broad SMARTS) is 1. The zero-order chi connectivity index (χ0) is 33.8. The highest BCUT2D eigenvalue weighted by Crippen LogP contribution is 2.60. The molecule has 0 aliphatic heterocycles. The van der Waals surface area contributed by atoms with Gasteiger partial charge in [0, 0.05) is 24.2 Å². The Morgan fingerprint density at radius 1 is 0.979 bits per heavy atom. The number of sulfonamides is 1. The molecule has 14 heteroatoms. The number of rotatable bonds is 14. The number of ether oxygens (including phenoxy) is 1. The highest BCUT2D eigenvalue weighted by atomic mass is 35.5. The SMILES string of the molecule is Cc1cccc(C)c1-c1cc(OCC(CCC2(C(F)(F)F)CC2)NCc2ccccc2)nc(NS(=O)(=O)c2cccc(C(=O)O)c2)n1.Cl. The van der Waals surface area contributed by atoms with Crippen LogP contribution >= 0.6 is 12.4 Å². The molecule has 1 heterocycles. The van der Waals surface area contributed by atoms with Gasteiger partial charge in [0.2, 0.25) is 11.8 Å². The first kappa shape index (κ1) is 36.6. The van der Waals surface area contributed by atoms with E-state index in [4.69, 9.17) is 4.74 Å². The molecular weight excluding hydrogens is 669 g/mol. The van der Waals surface area contributed by atoms with Gasteiger partial charge in [-0.05, 0) is 74.4 Å². The molecule has 0 bridgehead atoms. The van der Waals surface area contributed by atoms with E-state index in [1.54, 1.807) is 6.07 Å². The third-order valence-corrected chi connectivity index (χ3v) is 9.68. The third kappa shape index (κ3) is 8.82. The quantitative estimate of drug-likeness (QED) is 0.124. The molecule has 0 radical (unpaired) electrons. The number of alkyl halides is 3. The number of nitrogens with zero attached hydrogens (tertiary/aromatic N) is 2. The van der Waals surface area contributed by atoms with E-state index >= 15 is 0 Å². The molecule has 1 aliphatic rings. The lowest BCUT2D eigenvalue weighted by Gasteiger charge is -2.24. The van der Waals surface area contributed by atoms with Gasteiger partial charge in [0.05, 0.1) is 21.6 Å². The topological polar surface area (TPSA) is 131 Å². The number of benzene rings is 3. The maximum absolute atomic E-state index is 13.7. The smallest absolute Gasteiger partial charge is 0.394 e. The van der Waals surface area contributed by atoms with Crippen molar-refractivity contribution in [3.8, 4) is 17.1 Å². The summed E-state index contributed by atoms with van der Waals surface area (Å²) in [5.74, 6) is -1.59. The Bertz CT molecular complexity index is 1840.